The van der Waals surface area contributed by atoms with Crippen LogP contribution in [0.3, 0.4) is 0 Å². The van der Waals surface area contributed by atoms with Gasteiger partial charge in [0.15, 0.2) is 0 Å². The summed E-state index contributed by atoms with van der Waals surface area (Å²) in [5.74, 6) is 1.05. The monoisotopic (exact) mass is 247 g/mol. The molecule has 0 aromatic heterocycles. The molecule has 1 aromatic rings. The molecule has 0 heterocycles. The Kier molecular flexibility index (Phi) is 4.37. The molecule has 3 atom stereocenters. The maximum atomic E-state index is 11.9. The van der Waals surface area contributed by atoms with Crippen LogP contribution in [0.2, 0.25) is 0 Å². The van der Waals surface area contributed by atoms with E-state index in [0.717, 1.165) is 12.8 Å². The van der Waals surface area contributed by atoms with Crippen LogP contribution in [0.25, 0.3) is 0 Å². The van der Waals surface area contributed by atoms with Crippen molar-refractivity contribution >= 4 is 5.91 Å². The first-order valence-electron chi connectivity index (χ1n) is 6.66. The third-order valence-corrected chi connectivity index (χ3v) is 3.60. The molecule has 0 spiro atoms. The number of nitrogens with one attached hydrogen (secondary N) is 1. The summed E-state index contributed by atoms with van der Waals surface area (Å²) in [5.41, 5.74) is 1.26. The first kappa shape index (κ1) is 13.1. The molecular formula is C15H21NO2. The van der Waals surface area contributed by atoms with Gasteiger partial charge in [-0.2, -0.15) is 0 Å². The summed E-state index contributed by atoms with van der Waals surface area (Å²) < 4.78 is 0. The van der Waals surface area contributed by atoms with E-state index >= 15 is 0 Å². The molecule has 18 heavy (non-hydrogen) atoms. The quantitative estimate of drug-likeness (QED) is 0.807. The minimum Gasteiger partial charge on any atom is -0.396 e. The topological polar surface area (TPSA) is 49.3 Å². The van der Waals surface area contributed by atoms with Gasteiger partial charge in [-0.25, -0.2) is 0 Å². The summed E-state index contributed by atoms with van der Waals surface area (Å²) in [4.78, 5) is 11.9. The molecule has 2 rings (SSSR count). The van der Waals surface area contributed by atoms with Crippen molar-refractivity contribution < 1.29 is 9.90 Å². The highest BCUT2D eigenvalue weighted by Crippen LogP contribution is 2.47. The van der Waals surface area contributed by atoms with Crippen LogP contribution >= 0.6 is 0 Å². The highest BCUT2D eigenvalue weighted by Gasteiger charge is 2.43. The Morgan fingerprint density at radius 3 is 2.83 bits per heavy atom. The molecule has 0 aliphatic heterocycles. The minimum atomic E-state index is 0.147. The summed E-state index contributed by atoms with van der Waals surface area (Å²) in [6, 6.07) is 10.2. The molecule has 3 unspecified atom stereocenters. The van der Waals surface area contributed by atoms with Crippen molar-refractivity contribution in [2.24, 2.45) is 11.8 Å². The van der Waals surface area contributed by atoms with Gasteiger partial charge in [0.05, 0.1) is 0 Å². The van der Waals surface area contributed by atoms with E-state index in [4.69, 9.17) is 5.11 Å². The lowest BCUT2D eigenvalue weighted by molar-refractivity contribution is -0.122. The predicted octanol–water partition coefficient (Wildman–Crippen LogP) is 1.92. The van der Waals surface area contributed by atoms with Crippen molar-refractivity contribution in [1.29, 1.82) is 0 Å². The van der Waals surface area contributed by atoms with Gasteiger partial charge < -0.3 is 10.4 Å². The molecule has 3 heteroatoms. The van der Waals surface area contributed by atoms with Crippen LogP contribution in [-0.4, -0.2) is 24.2 Å². The van der Waals surface area contributed by atoms with E-state index < -0.39 is 0 Å². The van der Waals surface area contributed by atoms with Crippen LogP contribution < -0.4 is 5.32 Å². The number of rotatable bonds is 6. The van der Waals surface area contributed by atoms with Crippen molar-refractivity contribution in [2.45, 2.75) is 25.7 Å². The van der Waals surface area contributed by atoms with Crippen molar-refractivity contribution in [3.8, 4) is 0 Å². The fraction of sp³-hybridized carbons (Fsp3) is 0.533. The molecule has 1 aromatic carbocycles. The second-order valence-electron chi connectivity index (χ2n) is 5.22. The Balaban J connectivity index is 1.76. The van der Waals surface area contributed by atoms with E-state index in [0.29, 0.717) is 18.4 Å². The molecule has 0 bridgehead atoms. The first-order valence-corrected chi connectivity index (χ1v) is 6.66. The van der Waals surface area contributed by atoms with Gasteiger partial charge in [-0.1, -0.05) is 37.3 Å². The summed E-state index contributed by atoms with van der Waals surface area (Å²) in [6.07, 6.45) is 1.71. The van der Waals surface area contributed by atoms with Crippen molar-refractivity contribution in [2.75, 3.05) is 13.2 Å². The molecule has 0 saturated heterocycles. The lowest BCUT2D eigenvalue weighted by Crippen LogP contribution is -2.30. The SMILES string of the molecule is CC(CCO)CNC(=O)C1CC1c1ccccc1. The second-order valence-corrected chi connectivity index (χ2v) is 5.22. The lowest BCUT2D eigenvalue weighted by atomic mass is 10.1. The standard InChI is InChI=1S/C15H21NO2/c1-11(7-8-17)10-16-15(18)14-9-13(14)12-5-3-2-4-6-12/h2-6,11,13-14,17H,7-10H2,1H3,(H,16,18). The molecular weight excluding hydrogens is 226 g/mol. The highest BCUT2D eigenvalue weighted by molar-refractivity contribution is 5.82. The number of aliphatic hydroxyl groups is 1. The number of carbonyl (C=O) groups excluding carboxylic acids is 1. The second kappa shape index (κ2) is 6.01. The van der Waals surface area contributed by atoms with Crippen molar-refractivity contribution in [3.05, 3.63) is 35.9 Å². The lowest BCUT2D eigenvalue weighted by Gasteiger charge is -2.11. The molecule has 2 N–H and O–H groups in total. The smallest absolute Gasteiger partial charge is 0.223 e. The molecule has 1 aliphatic carbocycles. The third-order valence-electron chi connectivity index (χ3n) is 3.60. The first-order chi connectivity index (χ1) is 8.72. The van der Waals surface area contributed by atoms with Gasteiger partial charge >= 0.3 is 0 Å². The van der Waals surface area contributed by atoms with E-state index in [-0.39, 0.29) is 18.4 Å². The normalized spacial score (nSPS) is 23.4. The third kappa shape index (κ3) is 3.33. The van der Waals surface area contributed by atoms with E-state index in [2.05, 4.69) is 17.4 Å². The van der Waals surface area contributed by atoms with Crippen LogP contribution in [0.4, 0.5) is 0 Å². The Labute approximate surface area is 108 Å². The average molecular weight is 247 g/mol. The summed E-state index contributed by atoms with van der Waals surface area (Å²) in [7, 11) is 0. The number of aliphatic hydroxyl groups excluding tert-OH is 1. The number of benzene rings is 1. The van der Waals surface area contributed by atoms with E-state index in [1.165, 1.54) is 5.56 Å². The highest BCUT2D eigenvalue weighted by atomic mass is 16.3. The Morgan fingerprint density at radius 2 is 2.17 bits per heavy atom. The fourth-order valence-electron chi connectivity index (χ4n) is 2.28. The summed E-state index contributed by atoms with van der Waals surface area (Å²) in [6.45, 7) is 2.89. The maximum Gasteiger partial charge on any atom is 0.223 e. The molecule has 1 fully saturated rings. The Hall–Kier alpha value is -1.35. The van der Waals surface area contributed by atoms with E-state index in [1.54, 1.807) is 0 Å². The van der Waals surface area contributed by atoms with Gasteiger partial charge in [-0.15, -0.1) is 0 Å². The average Bonchev–Trinajstić information content (AvgIpc) is 3.18. The summed E-state index contributed by atoms with van der Waals surface area (Å²) in [5, 5.41) is 11.8. The number of carbonyl (C=O) groups is 1. The van der Waals surface area contributed by atoms with Gasteiger partial charge in [0, 0.05) is 19.1 Å². The van der Waals surface area contributed by atoms with E-state index in [1.807, 2.05) is 25.1 Å². The van der Waals surface area contributed by atoms with E-state index in [9.17, 15) is 4.79 Å². The van der Waals surface area contributed by atoms with Crippen LogP contribution in [0.15, 0.2) is 30.3 Å². The molecule has 1 amide bonds. The van der Waals surface area contributed by atoms with Gasteiger partial charge in [-0.05, 0) is 30.2 Å². The minimum absolute atomic E-state index is 0.147. The van der Waals surface area contributed by atoms with Crippen LogP contribution in [0, 0.1) is 11.8 Å². The van der Waals surface area contributed by atoms with Gasteiger partial charge in [0.2, 0.25) is 5.91 Å². The molecule has 1 aliphatic rings. The van der Waals surface area contributed by atoms with Crippen molar-refractivity contribution in [1.82, 2.24) is 5.32 Å². The number of hydrogen-bond donors (Lipinski definition) is 2. The Morgan fingerprint density at radius 1 is 1.44 bits per heavy atom. The largest absolute Gasteiger partial charge is 0.396 e. The molecule has 1 saturated carbocycles. The van der Waals surface area contributed by atoms with Crippen LogP contribution in [-0.2, 0) is 4.79 Å². The van der Waals surface area contributed by atoms with Crippen LogP contribution in [0.5, 0.6) is 0 Å². The Bertz CT molecular complexity index is 391. The number of amides is 1. The summed E-state index contributed by atoms with van der Waals surface area (Å²) >= 11 is 0. The van der Waals surface area contributed by atoms with Gasteiger partial charge in [-0.3, -0.25) is 4.79 Å². The molecule has 0 radical (unpaired) electrons. The molecule has 98 valence electrons. The molecule has 3 nitrogen and oxygen atoms in total. The fourth-order valence-corrected chi connectivity index (χ4v) is 2.28. The maximum absolute atomic E-state index is 11.9. The zero-order chi connectivity index (χ0) is 13.0. The predicted molar refractivity (Wildman–Crippen MR) is 71.2 cm³/mol. The van der Waals surface area contributed by atoms with Gasteiger partial charge in [0.1, 0.15) is 0 Å². The number of hydrogen-bond acceptors (Lipinski definition) is 2. The van der Waals surface area contributed by atoms with Crippen molar-refractivity contribution in [3.63, 3.8) is 0 Å². The zero-order valence-electron chi connectivity index (χ0n) is 10.8. The zero-order valence-corrected chi connectivity index (χ0v) is 10.8. The van der Waals surface area contributed by atoms with Crippen LogP contribution in [0.1, 0.15) is 31.2 Å². The van der Waals surface area contributed by atoms with Gasteiger partial charge in [0.25, 0.3) is 0 Å².